The summed E-state index contributed by atoms with van der Waals surface area (Å²) >= 11 is 0. The maximum absolute atomic E-state index is 10.8. The maximum Gasteiger partial charge on any atom is 0.210 e. The lowest BCUT2D eigenvalue weighted by Crippen LogP contribution is -2.26. The second-order valence-corrected chi connectivity index (χ2v) is 6.15. The SMILES string of the molecule is CCc1cccc(CC)c1NC(N)=NCCS(N)(=O)=O.I. The number of sulfonamides is 1. The first kappa shape index (κ1) is 20.1. The predicted molar refractivity (Wildman–Crippen MR) is 98.7 cm³/mol. The van der Waals surface area contributed by atoms with Gasteiger partial charge in [0.2, 0.25) is 10.0 Å². The standard InChI is InChI=1S/C13H22N4O2S.HI/c1-3-10-6-5-7-11(4-2)12(10)17-13(14)16-8-9-20(15,18)19;/h5-7H,3-4,8-9H2,1-2H3,(H3,14,16,17)(H2,15,18,19);1H. The molecule has 1 aromatic rings. The third-order valence-corrected chi connectivity index (χ3v) is 3.66. The van der Waals surface area contributed by atoms with Gasteiger partial charge in [-0.25, -0.2) is 13.6 Å². The highest BCUT2D eigenvalue weighted by Crippen LogP contribution is 2.22. The molecular formula is C13H23IN4O2S. The van der Waals surface area contributed by atoms with Crippen LogP contribution >= 0.6 is 24.0 Å². The second kappa shape index (κ2) is 9.21. The van der Waals surface area contributed by atoms with Gasteiger partial charge in [-0.3, -0.25) is 4.99 Å². The fraction of sp³-hybridized carbons (Fsp3) is 0.462. The van der Waals surface area contributed by atoms with Crippen molar-refractivity contribution in [3.05, 3.63) is 29.3 Å². The van der Waals surface area contributed by atoms with E-state index in [9.17, 15) is 8.42 Å². The van der Waals surface area contributed by atoms with Gasteiger partial charge in [-0.1, -0.05) is 32.0 Å². The summed E-state index contributed by atoms with van der Waals surface area (Å²) in [6.45, 7) is 4.18. The van der Waals surface area contributed by atoms with Crippen LogP contribution in [-0.4, -0.2) is 26.7 Å². The molecule has 5 N–H and O–H groups in total. The Morgan fingerprint density at radius 3 is 2.19 bits per heavy atom. The van der Waals surface area contributed by atoms with Crippen molar-refractivity contribution < 1.29 is 8.42 Å². The van der Waals surface area contributed by atoms with Gasteiger partial charge in [-0.05, 0) is 24.0 Å². The van der Waals surface area contributed by atoms with Crippen molar-refractivity contribution in [3.8, 4) is 0 Å². The molecule has 21 heavy (non-hydrogen) atoms. The van der Waals surface area contributed by atoms with E-state index in [1.54, 1.807) is 0 Å². The summed E-state index contributed by atoms with van der Waals surface area (Å²) in [5, 5.41) is 7.97. The smallest absolute Gasteiger partial charge is 0.210 e. The number of guanidine groups is 1. The molecule has 0 bridgehead atoms. The molecule has 0 aliphatic rings. The van der Waals surface area contributed by atoms with E-state index in [0.717, 1.165) is 29.7 Å². The summed E-state index contributed by atoms with van der Waals surface area (Å²) in [5.74, 6) is -0.0184. The summed E-state index contributed by atoms with van der Waals surface area (Å²) in [5.41, 5.74) is 9.03. The lowest BCUT2D eigenvalue weighted by molar-refractivity contribution is 0.597. The molecule has 0 aliphatic heterocycles. The fourth-order valence-electron chi connectivity index (χ4n) is 1.86. The quantitative estimate of drug-likeness (QED) is 0.363. The number of hydrogen-bond donors (Lipinski definition) is 3. The normalized spacial score (nSPS) is 11.9. The lowest BCUT2D eigenvalue weighted by atomic mass is 10.0. The van der Waals surface area contributed by atoms with E-state index in [4.69, 9.17) is 10.9 Å². The average molecular weight is 426 g/mol. The van der Waals surface area contributed by atoms with E-state index in [0.29, 0.717) is 0 Å². The van der Waals surface area contributed by atoms with Crippen molar-refractivity contribution in [1.29, 1.82) is 0 Å². The third kappa shape index (κ3) is 7.09. The Labute approximate surface area is 143 Å². The van der Waals surface area contributed by atoms with Crippen LogP contribution in [0.15, 0.2) is 23.2 Å². The third-order valence-electron chi connectivity index (χ3n) is 2.91. The van der Waals surface area contributed by atoms with Crippen molar-refractivity contribution in [2.24, 2.45) is 15.9 Å². The molecule has 1 aromatic carbocycles. The van der Waals surface area contributed by atoms with Crippen molar-refractivity contribution in [3.63, 3.8) is 0 Å². The number of para-hydroxylation sites is 1. The number of nitrogens with zero attached hydrogens (tertiary/aromatic N) is 1. The summed E-state index contributed by atoms with van der Waals surface area (Å²) in [6.07, 6.45) is 1.75. The number of anilines is 1. The molecular weight excluding hydrogens is 403 g/mol. The number of aliphatic imine (C=N–C) groups is 1. The number of aryl methyl sites for hydroxylation is 2. The molecule has 0 unspecified atom stereocenters. The van der Waals surface area contributed by atoms with E-state index < -0.39 is 10.0 Å². The number of rotatable bonds is 6. The zero-order chi connectivity index (χ0) is 15.2. The highest BCUT2D eigenvalue weighted by atomic mass is 127. The second-order valence-electron chi connectivity index (χ2n) is 4.42. The van der Waals surface area contributed by atoms with Gasteiger partial charge < -0.3 is 11.1 Å². The van der Waals surface area contributed by atoms with Crippen LogP contribution in [0.3, 0.4) is 0 Å². The highest BCUT2D eigenvalue weighted by molar-refractivity contribution is 14.0. The molecule has 0 amide bonds. The Balaban J connectivity index is 0.00000400. The number of halogens is 1. The predicted octanol–water partition coefficient (Wildman–Crippen LogP) is 1.44. The molecule has 6 nitrogen and oxygen atoms in total. The molecule has 0 radical (unpaired) electrons. The molecule has 0 heterocycles. The van der Waals surface area contributed by atoms with Crippen molar-refractivity contribution >= 4 is 45.6 Å². The van der Waals surface area contributed by atoms with E-state index in [1.165, 1.54) is 0 Å². The zero-order valence-electron chi connectivity index (χ0n) is 12.3. The van der Waals surface area contributed by atoms with E-state index in [2.05, 4.69) is 24.2 Å². The molecule has 0 atom stereocenters. The van der Waals surface area contributed by atoms with Crippen LogP contribution in [0.4, 0.5) is 5.69 Å². The Kier molecular flexibility index (Phi) is 8.83. The Hall–Kier alpha value is -0.870. The van der Waals surface area contributed by atoms with Crippen molar-refractivity contribution in [1.82, 2.24) is 0 Å². The zero-order valence-corrected chi connectivity index (χ0v) is 15.4. The summed E-state index contributed by atoms with van der Waals surface area (Å²) in [4.78, 5) is 3.98. The number of benzene rings is 1. The monoisotopic (exact) mass is 426 g/mol. The van der Waals surface area contributed by atoms with E-state index >= 15 is 0 Å². The van der Waals surface area contributed by atoms with Crippen LogP contribution in [0.1, 0.15) is 25.0 Å². The largest absolute Gasteiger partial charge is 0.370 e. The molecule has 1 rings (SSSR count). The van der Waals surface area contributed by atoms with Gasteiger partial charge >= 0.3 is 0 Å². The van der Waals surface area contributed by atoms with Crippen LogP contribution in [0.5, 0.6) is 0 Å². The fourth-order valence-corrected chi connectivity index (χ4v) is 2.21. The van der Waals surface area contributed by atoms with Gasteiger partial charge in [0.25, 0.3) is 0 Å². The van der Waals surface area contributed by atoms with E-state index in [-0.39, 0.29) is 42.2 Å². The topological polar surface area (TPSA) is 111 Å². The van der Waals surface area contributed by atoms with Crippen LogP contribution in [0.25, 0.3) is 0 Å². The minimum Gasteiger partial charge on any atom is -0.370 e. The van der Waals surface area contributed by atoms with Crippen molar-refractivity contribution in [2.45, 2.75) is 26.7 Å². The molecule has 0 aromatic heterocycles. The number of nitrogens with one attached hydrogen (secondary N) is 1. The van der Waals surface area contributed by atoms with Gasteiger partial charge in [0, 0.05) is 5.69 Å². The Bertz CT molecular complexity index is 566. The summed E-state index contributed by atoms with van der Waals surface area (Å²) in [7, 11) is -3.51. The molecule has 8 heteroatoms. The van der Waals surface area contributed by atoms with E-state index in [1.807, 2.05) is 18.2 Å². The molecule has 0 spiro atoms. The molecule has 120 valence electrons. The van der Waals surface area contributed by atoms with Crippen LogP contribution in [-0.2, 0) is 22.9 Å². The van der Waals surface area contributed by atoms with Crippen LogP contribution in [0, 0.1) is 0 Å². The molecule has 0 saturated carbocycles. The maximum atomic E-state index is 10.8. The van der Waals surface area contributed by atoms with Gasteiger partial charge in [0.1, 0.15) is 0 Å². The lowest BCUT2D eigenvalue weighted by Gasteiger charge is -2.14. The minimum atomic E-state index is -3.51. The van der Waals surface area contributed by atoms with Crippen molar-refractivity contribution in [2.75, 3.05) is 17.6 Å². The Morgan fingerprint density at radius 1 is 1.24 bits per heavy atom. The first-order valence-corrected chi connectivity index (χ1v) is 8.27. The molecule has 0 aliphatic carbocycles. The van der Waals surface area contributed by atoms with Gasteiger partial charge in [-0.2, -0.15) is 0 Å². The first-order valence-electron chi connectivity index (χ1n) is 6.55. The van der Waals surface area contributed by atoms with Gasteiger partial charge in [0.05, 0.1) is 12.3 Å². The summed E-state index contributed by atoms with van der Waals surface area (Å²) < 4.78 is 21.6. The van der Waals surface area contributed by atoms with Crippen LogP contribution < -0.4 is 16.2 Å². The number of hydrogen-bond acceptors (Lipinski definition) is 3. The molecule has 0 saturated heterocycles. The van der Waals surface area contributed by atoms with Crippen LogP contribution in [0.2, 0.25) is 0 Å². The average Bonchev–Trinajstić information content (AvgIpc) is 2.37. The van der Waals surface area contributed by atoms with Gasteiger partial charge in [-0.15, -0.1) is 24.0 Å². The Morgan fingerprint density at radius 2 is 1.76 bits per heavy atom. The number of nitrogens with two attached hydrogens (primary N) is 2. The highest BCUT2D eigenvalue weighted by Gasteiger charge is 2.07. The van der Waals surface area contributed by atoms with Gasteiger partial charge in [0.15, 0.2) is 5.96 Å². The molecule has 0 fully saturated rings. The minimum absolute atomic E-state index is 0. The number of primary sulfonamides is 1. The first-order chi connectivity index (χ1) is 9.37. The summed E-state index contributed by atoms with van der Waals surface area (Å²) in [6, 6.07) is 6.06.